The molecule has 2 rings (SSSR count). The molecule has 0 saturated carbocycles. The first-order valence-corrected chi connectivity index (χ1v) is 12.4. The van der Waals surface area contributed by atoms with Gasteiger partial charge in [-0.05, 0) is 37.1 Å². The number of aryl methyl sites for hydroxylation is 1. The van der Waals surface area contributed by atoms with Gasteiger partial charge in [-0.1, -0.05) is 82.4 Å². The van der Waals surface area contributed by atoms with Gasteiger partial charge in [0.1, 0.15) is 11.5 Å². The molecule has 0 radical (unpaired) electrons. The second kappa shape index (κ2) is 14.9. The molecule has 0 saturated heterocycles. The molecule has 5 nitrogen and oxygen atoms in total. The van der Waals surface area contributed by atoms with Gasteiger partial charge in [0, 0.05) is 6.07 Å². The summed E-state index contributed by atoms with van der Waals surface area (Å²) >= 11 is 0. The van der Waals surface area contributed by atoms with Crippen molar-refractivity contribution >= 4 is 10.1 Å². The molecule has 0 bridgehead atoms. The van der Waals surface area contributed by atoms with E-state index < -0.39 is 10.1 Å². The topological polar surface area (TPSA) is 86.7 Å². The molecule has 0 aliphatic carbocycles. The maximum absolute atomic E-state index is 12.1. The van der Waals surface area contributed by atoms with Crippen molar-refractivity contribution in [2.45, 2.75) is 82.4 Å². The molecule has 0 aliphatic rings. The average molecular weight is 457 g/mol. The molecule has 0 fully saturated rings. The molecule has 0 atom stereocenters. The minimum atomic E-state index is -4.29. The Labute approximate surface area is 209 Å². The molecular weight excluding hydrogens is 423 g/mol. The van der Waals surface area contributed by atoms with E-state index in [-0.39, 0.29) is 46.0 Å². The summed E-state index contributed by atoms with van der Waals surface area (Å²) in [5.41, 5.74) is 0.706. The minimum absolute atomic E-state index is 0. The van der Waals surface area contributed by atoms with Crippen LogP contribution in [0, 0.1) is 0 Å². The normalized spacial score (nSPS) is 11.2. The van der Waals surface area contributed by atoms with Gasteiger partial charge < -0.3 is 9.84 Å². The molecule has 1 N–H and O–H groups in total. The van der Waals surface area contributed by atoms with E-state index in [2.05, 4.69) is 6.92 Å². The zero-order valence-electron chi connectivity index (χ0n) is 18.8. The maximum atomic E-state index is 12.1. The van der Waals surface area contributed by atoms with E-state index in [4.69, 9.17) is 9.29 Å². The zero-order chi connectivity index (χ0) is 21.8. The largest absolute Gasteiger partial charge is 1.00 e. The van der Waals surface area contributed by atoms with Crippen molar-refractivity contribution in [2.75, 3.05) is 0 Å². The van der Waals surface area contributed by atoms with Crippen LogP contribution in [0.15, 0.2) is 47.4 Å². The van der Waals surface area contributed by atoms with E-state index in [9.17, 15) is 13.5 Å². The van der Waals surface area contributed by atoms with Crippen LogP contribution in [0.25, 0.3) is 0 Å². The zero-order valence-corrected chi connectivity index (χ0v) is 21.6. The number of unbranched alkanes of at least 4 members (excludes halogenated alkanes) is 9. The van der Waals surface area contributed by atoms with Crippen molar-refractivity contribution in [1.82, 2.24) is 0 Å². The Balaban J connectivity index is 0.00000480. The molecule has 0 aliphatic heterocycles. The van der Waals surface area contributed by atoms with E-state index in [1.54, 1.807) is 18.2 Å². The summed E-state index contributed by atoms with van der Waals surface area (Å²) in [4.78, 5) is -0.231. The molecule has 0 unspecified atom stereocenters. The van der Waals surface area contributed by atoms with Gasteiger partial charge in [-0.2, -0.15) is 8.42 Å². The molecule has 0 aromatic heterocycles. The first kappa shape index (κ1) is 28.0. The van der Waals surface area contributed by atoms with Crippen LogP contribution >= 0.6 is 0 Å². The van der Waals surface area contributed by atoms with Crippen LogP contribution in [0.1, 0.15) is 76.7 Å². The summed E-state index contributed by atoms with van der Waals surface area (Å²) in [6, 6.07) is 10.4. The summed E-state index contributed by atoms with van der Waals surface area (Å²) in [6.07, 6.45) is 13.2. The Morgan fingerprint density at radius 1 is 0.839 bits per heavy atom. The van der Waals surface area contributed by atoms with Gasteiger partial charge in [-0.15, -0.1) is 5.75 Å². The summed E-state index contributed by atoms with van der Waals surface area (Å²) < 4.78 is 37.4. The van der Waals surface area contributed by atoms with Crippen molar-refractivity contribution in [3.8, 4) is 17.2 Å². The fraction of sp³-hybridized carbons (Fsp3) is 0.500. The number of ether oxygens (including phenoxy) is 1. The summed E-state index contributed by atoms with van der Waals surface area (Å²) in [5.74, 6) is 0.753. The third-order valence-corrected chi connectivity index (χ3v) is 6.02. The van der Waals surface area contributed by atoms with Gasteiger partial charge >= 0.3 is 29.6 Å². The van der Waals surface area contributed by atoms with Crippen LogP contribution in [0.3, 0.4) is 0 Å². The van der Waals surface area contributed by atoms with Gasteiger partial charge in [0.25, 0.3) is 10.1 Å². The van der Waals surface area contributed by atoms with Crippen molar-refractivity contribution < 1.29 is 52.4 Å². The molecule has 0 amide bonds. The molecule has 166 valence electrons. The number of hydrogen-bond donors (Lipinski definition) is 1. The van der Waals surface area contributed by atoms with Crippen molar-refractivity contribution in [3.05, 3.63) is 48.0 Å². The van der Waals surface area contributed by atoms with Crippen LogP contribution in [0.5, 0.6) is 17.2 Å². The predicted molar refractivity (Wildman–Crippen MR) is 118 cm³/mol. The first-order chi connectivity index (χ1) is 14.4. The van der Waals surface area contributed by atoms with Crippen LogP contribution in [-0.2, 0) is 16.5 Å². The van der Waals surface area contributed by atoms with Gasteiger partial charge in [0.2, 0.25) is 0 Å². The molecular formula is C24H33NaO5S. The minimum Gasteiger partial charge on any atom is -0.872 e. The van der Waals surface area contributed by atoms with Crippen LogP contribution < -0.4 is 39.4 Å². The molecule has 31 heavy (non-hydrogen) atoms. The Morgan fingerprint density at radius 3 is 2.03 bits per heavy atom. The van der Waals surface area contributed by atoms with E-state index in [1.807, 2.05) is 0 Å². The fourth-order valence-corrected chi connectivity index (χ4v) is 3.97. The Hall–Kier alpha value is -1.05. The first-order valence-electron chi connectivity index (χ1n) is 11.0. The summed E-state index contributed by atoms with van der Waals surface area (Å²) in [7, 11) is -4.29. The van der Waals surface area contributed by atoms with E-state index >= 15 is 0 Å². The molecule has 7 heteroatoms. The van der Waals surface area contributed by atoms with Gasteiger partial charge in [0.15, 0.2) is 0 Å². The standard InChI is InChI=1S/C24H34O5S.Na/c1-2-3-4-5-6-7-8-9-10-11-13-20-18-22(16-17-24(20)25)29-21-14-12-15-23(19-21)30(26,27)28;/h12,14-19,25H,2-11,13H2,1H3,(H,26,27,28);/q;+1/p-1. The quantitative estimate of drug-likeness (QED) is 0.268. The third kappa shape index (κ3) is 10.9. The van der Waals surface area contributed by atoms with Crippen molar-refractivity contribution in [2.24, 2.45) is 0 Å². The van der Waals surface area contributed by atoms with Crippen molar-refractivity contribution in [1.29, 1.82) is 0 Å². The smallest absolute Gasteiger partial charge is 0.872 e. The molecule has 2 aromatic carbocycles. The van der Waals surface area contributed by atoms with Gasteiger partial charge in [-0.25, -0.2) is 0 Å². The van der Waals surface area contributed by atoms with Gasteiger partial charge in [0.05, 0.1) is 4.90 Å². The maximum Gasteiger partial charge on any atom is 1.00 e. The SMILES string of the molecule is CCCCCCCCCCCCc1cc(Oc2cccc(S(=O)(=O)O)c2)ccc1[O-].[Na+]. The Kier molecular flexibility index (Phi) is 13.5. The second-order valence-electron chi connectivity index (χ2n) is 7.75. The third-order valence-electron chi connectivity index (χ3n) is 5.17. The average Bonchev–Trinajstić information content (AvgIpc) is 2.71. The fourth-order valence-electron chi connectivity index (χ4n) is 3.45. The van der Waals surface area contributed by atoms with Crippen LogP contribution in [0.2, 0.25) is 0 Å². The van der Waals surface area contributed by atoms with Crippen molar-refractivity contribution in [3.63, 3.8) is 0 Å². The molecule has 0 spiro atoms. The Bertz CT molecular complexity index is 883. The van der Waals surface area contributed by atoms with E-state index in [0.717, 1.165) is 12.8 Å². The predicted octanol–water partition coefficient (Wildman–Crippen LogP) is 3.27. The van der Waals surface area contributed by atoms with E-state index in [0.29, 0.717) is 17.7 Å². The van der Waals surface area contributed by atoms with Crippen LogP contribution in [0.4, 0.5) is 0 Å². The second-order valence-corrected chi connectivity index (χ2v) is 9.18. The molecule has 2 aromatic rings. The molecule has 0 heterocycles. The summed E-state index contributed by atoms with van der Waals surface area (Å²) in [6.45, 7) is 2.23. The summed E-state index contributed by atoms with van der Waals surface area (Å²) in [5, 5.41) is 12.1. The number of benzene rings is 2. The van der Waals surface area contributed by atoms with Crippen LogP contribution in [-0.4, -0.2) is 13.0 Å². The number of hydrogen-bond acceptors (Lipinski definition) is 4. The van der Waals surface area contributed by atoms with Gasteiger partial charge in [-0.3, -0.25) is 4.55 Å². The van der Waals surface area contributed by atoms with E-state index in [1.165, 1.54) is 75.6 Å². The number of rotatable bonds is 14. The Morgan fingerprint density at radius 2 is 1.42 bits per heavy atom. The monoisotopic (exact) mass is 456 g/mol.